The van der Waals surface area contributed by atoms with Crippen molar-refractivity contribution < 1.29 is 0 Å². The Labute approximate surface area is 78.4 Å². The van der Waals surface area contributed by atoms with Crippen molar-refractivity contribution in [2.75, 3.05) is 0 Å². The molecule has 0 saturated heterocycles. The first-order valence-corrected chi connectivity index (χ1v) is 5.42. The van der Waals surface area contributed by atoms with Crippen LogP contribution in [0.5, 0.6) is 0 Å². The van der Waals surface area contributed by atoms with Crippen LogP contribution in [0.4, 0.5) is 0 Å². The second-order valence-corrected chi connectivity index (χ2v) is 4.79. The molecule has 0 aromatic heterocycles. The summed E-state index contributed by atoms with van der Waals surface area (Å²) in [5.74, 6) is 1.37. The number of hydrogen-bond acceptors (Lipinski definition) is 2. The molecule has 12 heavy (non-hydrogen) atoms. The summed E-state index contributed by atoms with van der Waals surface area (Å²) >= 11 is 1.85. The highest BCUT2D eigenvalue weighted by atomic mass is 32.2. The summed E-state index contributed by atoms with van der Waals surface area (Å²) < 4.78 is 3.35. The highest BCUT2D eigenvalue weighted by Crippen LogP contribution is 2.44. The van der Waals surface area contributed by atoms with Crippen molar-refractivity contribution in [1.82, 2.24) is 4.72 Å². The average molecular weight is 181 g/mol. The largest absolute Gasteiger partial charge is 0.334 e. The minimum absolute atomic E-state index is 0.675. The first-order valence-electron chi connectivity index (χ1n) is 4.54. The third kappa shape index (κ3) is 1.86. The molecule has 2 saturated carbocycles. The Morgan fingerprint density at radius 2 is 2.25 bits per heavy atom. The highest BCUT2D eigenvalue weighted by molar-refractivity contribution is 7.98. The zero-order chi connectivity index (χ0) is 8.55. The smallest absolute Gasteiger partial charge is 0.0246 e. The summed E-state index contributed by atoms with van der Waals surface area (Å²) in [6.45, 7) is 7.82. The van der Waals surface area contributed by atoms with Crippen LogP contribution in [0.25, 0.3) is 0 Å². The van der Waals surface area contributed by atoms with Crippen molar-refractivity contribution in [3.8, 4) is 0 Å². The van der Waals surface area contributed by atoms with Gasteiger partial charge in [-0.3, -0.25) is 0 Å². The summed E-state index contributed by atoms with van der Waals surface area (Å²) in [5.41, 5.74) is 1.21. The van der Waals surface area contributed by atoms with Crippen LogP contribution >= 0.6 is 11.9 Å². The topological polar surface area (TPSA) is 12.0 Å². The van der Waals surface area contributed by atoms with E-state index in [0.717, 1.165) is 5.25 Å². The molecule has 0 aromatic carbocycles. The fraction of sp³-hybridized carbons (Fsp3) is 0.600. The average Bonchev–Trinajstić information content (AvgIpc) is 2.94. The van der Waals surface area contributed by atoms with Gasteiger partial charge in [-0.05, 0) is 37.1 Å². The lowest BCUT2D eigenvalue weighted by Crippen LogP contribution is -2.05. The lowest BCUT2D eigenvalue weighted by molar-refractivity contribution is 0.886. The number of rotatable bonds is 5. The predicted octanol–water partition coefficient (Wildman–Crippen LogP) is 2.72. The van der Waals surface area contributed by atoms with E-state index in [1.807, 2.05) is 18.0 Å². The van der Waals surface area contributed by atoms with Gasteiger partial charge in [0, 0.05) is 16.9 Å². The van der Waals surface area contributed by atoms with Crippen LogP contribution < -0.4 is 4.72 Å². The van der Waals surface area contributed by atoms with Crippen LogP contribution in [-0.4, -0.2) is 5.25 Å². The van der Waals surface area contributed by atoms with E-state index in [1.54, 1.807) is 0 Å². The second kappa shape index (κ2) is 3.17. The van der Waals surface area contributed by atoms with Gasteiger partial charge in [0.2, 0.25) is 0 Å². The first-order chi connectivity index (χ1) is 5.81. The molecule has 0 bridgehead atoms. The van der Waals surface area contributed by atoms with Crippen molar-refractivity contribution >= 4 is 11.9 Å². The number of hydrogen-bond donors (Lipinski definition) is 1. The van der Waals surface area contributed by atoms with Crippen molar-refractivity contribution in [1.29, 1.82) is 0 Å². The maximum absolute atomic E-state index is 4.03. The van der Waals surface area contributed by atoms with Gasteiger partial charge in [-0.15, -0.1) is 6.58 Å². The van der Waals surface area contributed by atoms with E-state index in [4.69, 9.17) is 0 Å². The molecule has 2 aliphatic carbocycles. The van der Waals surface area contributed by atoms with E-state index in [0.29, 0.717) is 11.8 Å². The minimum atomic E-state index is 0.675. The standard InChI is InChI=1S/C10H15NS/c1-3-8-6-10(8)7(2)11-12-9-4-5-9/h3,8-11H,1-2,4-6H2. The molecule has 2 atom stereocenters. The Bertz CT molecular complexity index is 208. The monoisotopic (exact) mass is 181 g/mol. The Hall–Kier alpha value is -0.370. The van der Waals surface area contributed by atoms with Gasteiger partial charge in [-0.25, -0.2) is 0 Å². The molecular formula is C10H15NS. The third-order valence-corrected chi connectivity index (χ3v) is 3.66. The second-order valence-electron chi connectivity index (χ2n) is 3.69. The lowest BCUT2D eigenvalue weighted by Gasteiger charge is -2.05. The van der Waals surface area contributed by atoms with E-state index in [-0.39, 0.29) is 0 Å². The molecule has 0 radical (unpaired) electrons. The fourth-order valence-electron chi connectivity index (χ4n) is 1.30. The molecule has 2 heteroatoms. The van der Waals surface area contributed by atoms with E-state index in [9.17, 15) is 0 Å². The van der Waals surface area contributed by atoms with E-state index in [1.165, 1.54) is 25.0 Å². The Kier molecular flexibility index (Phi) is 2.18. The first kappa shape index (κ1) is 8.24. The van der Waals surface area contributed by atoms with Gasteiger partial charge >= 0.3 is 0 Å². The Morgan fingerprint density at radius 1 is 1.50 bits per heavy atom. The van der Waals surface area contributed by atoms with Crippen molar-refractivity contribution in [2.45, 2.75) is 24.5 Å². The van der Waals surface area contributed by atoms with Gasteiger partial charge in [-0.2, -0.15) is 0 Å². The summed E-state index contributed by atoms with van der Waals surface area (Å²) in [5, 5.41) is 0.864. The van der Waals surface area contributed by atoms with Gasteiger partial charge in [0.25, 0.3) is 0 Å². The maximum atomic E-state index is 4.03. The van der Waals surface area contributed by atoms with E-state index < -0.39 is 0 Å². The molecule has 2 fully saturated rings. The van der Waals surface area contributed by atoms with Gasteiger partial charge < -0.3 is 4.72 Å². The molecule has 66 valence electrons. The molecule has 1 N–H and O–H groups in total. The zero-order valence-corrected chi connectivity index (χ0v) is 8.07. The van der Waals surface area contributed by atoms with Gasteiger partial charge in [0.1, 0.15) is 0 Å². The Balaban J connectivity index is 1.67. The van der Waals surface area contributed by atoms with Crippen molar-refractivity contribution in [2.24, 2.45) is 11.8 Å². The molecule has 2 aliphatic rings. The minimum Gasteiger partial charge on any atom is -0.334 e. The molecule has 0 aliphatic heterocycles. The van der Waals surface area contributed by atoms with Gasteiger partial charge in [0.15, 0.2) is 0 Å². The molecule has 0 amide bonds. The van der Waals surface area contributed by atoms with Gasteiger partial charge in [0.05, 0.1) is 0 Å². The normalized spacial score (nSPS) is 32.7. The summed E-state index contributed by atoms with van der Waals surface area (Å²) in [7, 11) is 0. The number of allylic oxidation sites excluding steroid dienone is 2. The lowest BCUT2D eigenvalue weighted by atomic mass is 10.3. The molecule has 1 nitrogen and oxygen atoms in total. The summed E-state index contributed by atoms with van der Waals surface area (Å²) in [4.78, 5) is 0. The van der Waals surface area contributed by atoms with E-state index >= 15 is 0 Å². The molecule has 0 spiro atoms. The van der Waals surface area contributed by atoms with Crippen molar-refractivity contribution in [3.63, 3.8) is 0 Å². The molecule has 2 unspecified atom stereocenters. The summed E-state index contributed by atoms with van der Waals surface area (Å²) in [6.07, 6.45) is 6.04. The maximum Gasteiger partial charge on any atom is 0.0246 e. The van der Waals surface area contributed by atoms with Gasteiger partial charge in [-0.1, -0.05) is 12.7 Å². The quantitative estimate of drug-likeness (QED) is 0.517. The molecule has 2 rings (SSSR count). The van der Waals surface area contributed by atoms with Crippen LogP contribution in [0.3, 0.4) is 0 Å². The van der Waals surface area contributed by atoms with Crippen LogP contribution in [0.2, 0.25) is 0 Å². The third-order valence-electron chi connectivity index (χ3n) is 2.47. The van der Waals surface area contributed by atoms with Crippen LogP contribution in [0.1, 0.15) is 19.3 Å². The highest BCUT2D eigenvalue weighted by Gasteiger charge is 2.37. The van der Waals surface area contributed by atoms with Crippen LogP contribution in [-0.2, 0) is 0 Å². The van der Waals surface area contributed by atoms with Crippen molar-refractivity contribution in [3.05, 3.63) is 24.9 Å². The molecule has 0 heterocycles. The van der Waals surface area contributed by atoms with E-state index in [2.05, 4.69) is 17.9 Å². The predicted molar refractivity (Wildman–Crippen MR) is 54.7 cm³/mol. The SMILES string of the molecule is C=CC1CC1C(=C)NSC1CC1. The van der Waals surface area contributed by atoms with Crippen LogP contribution in [0, 0.1) is 11.8 Å². The van der Waals surface area contributed by atoms with Crippen LogP contribution in [0.15, 0.2) is 24.9 Å². The Morgan fingerprint density at radius 3 is 2.75 bits per heavy atom. The number of nitrogens with one attached hydrogen (secondary N) is 1. The fourth-order valence-corrected chi connectivity index (χ4v) is 2.14. The summed E-state index contributed by atoms with van der Waals surface area (Å²) in [6, 6.07) is 0. The molecule has 0 aromatic rings. The molecular weight excluding hydrogens is 166 g/mol. The zero-order valence-electron chi connectivity index (χ0n) is 7.25.